The third-order valence-corrected chi connectivity index (χ3v) is 4.41. The first kappa shape index (κ1) is 13.8. The molecule has 4 heteroatoms. The molecule has 2 nitrogen and oxygen atoms in total. The van der Waals surface area contributed by atoms with E-state index in [0.29, 0.717) is 5.88 Å². The number of pyridine rings is 1. The van der Waals surface area contributed by atoms with Crippen molar-refractivity contribution < 1.29 is 0 Å². The fourth-order valence-electron chi connectivity index (χ4n) is 1.54. The number of anilines is 1. The number of alkyl halides is 1. The molecule has 0 saturated carbocycles. The lowest BCUT2D eigenvalue weighted by Gasteiger charge is -2.30. The number of halogens is 2. The highest BCUT2D eigenvalue weighted by Crippen LogP contribution is 2.29. The van der Waals surface area contributed by atoms with Crippen LogP contribution in [0.3, 0.4) is 0 Å². The highest BCUT2D eigenvalue weighted by molar-refractivity contribution is 9.10. The third-order valence-electron chi connectivity index (χ3n) is 3.21. The van der Waals surface area contributed by atoms with E-state index in [4.69, 9.17) is 11.6 Å². The standard InChI is InChI=1S/C12H18BrClN2/c1-3-12(4-2,8-14)9-16-11-5-6-15-7-10(11)13/h5-7H,3-4,8-9H2,1-2H3,(H,15,16). The summed E-state index contributed by atoms with van der Waals surface area (Å²) in [5.74, 6) is 0.690. The molecule has 1 N–H and O–H groups in total. The molecule has 90 valence electrons. The van der Waals surface area contributed by atoms with Crippen LogP contribution in [0.25, 0.3) is 0 Å². The zero-order chi connectivity index (χ0) is 12.0. The zero-order valence-electron chi connectivity index (χ0n) is 9.76. The molecule has 0 aliphatic rings. The van der Waals surface area contributed by atoms with Crippen LogP contribution in [0.15, 0.2) is 22.9 Å². The Kier molecular flexibility index (Phi) is 5.56. The molecule has 1 aromatic heterocycles. The maximum atomic E-state index is 6.07. The molecule has 1 aromatic rings. The van der Waals surface area contributed by atoms with Gasteiger partial charge in [-0.3, -0.25) is 4.98 Å². The van der Waals surface area contributed by atoms with Gasteiger partial charge in [-0.05, 0) is 34.8 Å². The Morgan fingerprint density at radius 1 is 1.44 bits per heavy atom. The van der Waals surface area contributed by atoms with Gasteiger partial charge in [0.1, 0.15) is 0 Å². The maximum absolute atomic E-state index is 6.07. The Bertz CT molecular complexity index is 318. The quantitative estimate of drug-likeness (QED) is 0.793. The molecular weight excluding hydrogens is 288 g/mol. The summed E-state index contributed by atoms with van der Waals surface area (Å²) in [6, 6.07) is 1.97. The van der Waals surface area contributed by atoms with Crippen molar-refractivity contribution in [2.75, 3.05) is 17.7 Å². The van der Waals surface area contributed by atoms with E-state index in [-0.39, 0.29) is 5.41 Å². The number of hydrogen-bond acceptors (Lipinski definition) is 2. The van der Waals surface area contributed by atoms with Crippen molar-refractivity contribution in [1.29, 1.82) is 0 Å². The zero-order valence-corrected chi connectivity index (χ0v) is 12.1. The van der Waals surface area contributed by atoms with Gasteiger partial charge in [0.05, 0.1) is 10.2 Å². The third kappa shape index (κ3) is 3.36. The molecule has 0 fully saturated rings. The normalized spacial score (nSPS) is 11.5. The van der Waals surface area contributed by atoms with Crippen LogP contribution in [-0.2, 0) is 0 Å². The SMILES string of the molecule is CCC(CC)(CCl)CNc1ccncc1Br. The predicted molar refractivity (Wildman–Crippen MR) is 74.2 cm³/mol. The number of rotatable bonds is 6. The van der Waals surface area contributed by atoms with Crippen molar-refractivity contribution in [2.45, 2.75) is 26.7 Å². The Labute approximate surface area is 111 Å². The van der Waals surface area contributed by atoms with Crippen molar-refractivity contribution >= 4 is 33.2 Å². The van der Waals surface area contributed by atoms with E-state index in [0.717, 1.165) is 29.5 Å². The van der Waals surface area contributed by atoms with Gasteiger partial charge in [-0.2, -0.15) is 0 Å². The van der Waals surface area contributed by atoms with Crippen LogP contribution in [0.1, 0.15) is 26.7 Å². The van der Waals surface area contributed by atoms with Gasteiger partial charge in [-0.1, -0.05) is 13.8 Å². The number of nitrogens with zero attached hydrogens (tertiary/aromatic N) is 1. The summed E-state index contributed by atoms with van der Waals surface area (Å²) in [6.45, 7) is 5.27. The molecule has 16 heavy (non-hydrogen) atoms. The lowest BCUT2D eigenvalue weighted by atomic mass is 9.84. The highest BCUT2D eigenvalue weighted by Gasteiger charge is 2.24. The van der Waals surface area contributed by atoms with Gasteiger partial charge in [0.2, 0.25) is 0 Å². The van der Waals surface area contributed by atoms with E-state index in [9.17, 15) is 0 Å². The summed E-state index contributed by atoms with van der Waals surface area (Å²) in [6.07, 6.45) is 5.75. The summed E-state index contributed by atoms with van der Waals surface area (Å²) in [7, 11) is 0. The molecule has 0 saturated heterocycles. The fourth-order valence-corrected chi connectivity index (χ4v) is 2.40. The Balaban J connectivity index is 2.66. The molecule has 1 rings (SSSR count). The molecule has 1 heterocycles. The van der Waals surface area contributed by atoms with Crippen molar-refractivity contribution in [3.63, 3.8) is 0 Å². The van der Waals surface area contributed by atoms with Crippen molar-refractivity contribution in [3.05, 3.63) is 22.9 Å². The number of aromatic nitrogens is 1. The van der Waals surface area contributed by atoms with E-state index in [1.807, 2.05) is 6.07 Å². The summed E-state index contributed by atoms with van der Waals surface area (Å²) >= 11 is 9.54. The molecule has 0 radical (unpaired) electrons. The molecule has 0 spiro atoms. The maximum Gasteiger partial charge on any atom is 0.0590 e. The Morgan fingerprint density at radius 3 is 2.62 bits per heavy atom. The average Bonchev–Trinajstić information content (AvgIpc) is 2.34. The molecule has 0 bridgehead atoms. The Morgan fingerprint density at radius 2 is 2.12 bits per heavy atom. The predicted octanol–water partition coefficient (Wildman–Crippen LogP) is 4.30. The minimum Gasteiger partial charge on any atom is -0.383 e. The monoisotopic (exact) mass is 304 g/mol. The summed E-state index contributed by atoms with van der Waals surface area (Å²) in [5.41, 5.74) is 1.26. The van der Waals surface area contributed by atoms with Gasteiger partial charge in [0, 0.05) is 30.2 Å². The van der Waals surface area contributed by atoms with Crippen molar-refractivity contribution in [1.82, 2.24) is 4.98 Å². The second kappa shape index (κ2) is 6.45. The molecule has 0 aromatic carbocycles. The smallest absolute Gasteiger partial charge is 0.0590 e. The second-order valence-corrected chi connectivity index (χ2v) is 5.17. The van der Waals surface area contributed by atoms with Gasteiger partial charge >= 0.3 is 0 Å². The van der Waals surface area contributed by atoms with Crippen LogP contribution < -0.4 is 5.32 Å². The van der Waals surface area contributed by atoms with Crippen molar-refractivity contribution in [2.24, 2.45) is 5.41 Å². The molecule has 0 aliphatic heterocycles. The first-order valence-electron chi connectivity index (χ1n) is 5.57. The first-order chi connectivity index (χ1) is 7.67. The van der Waals surface area contributed by atoms with Crippen LogP contribution >= 0.6 is 27.5 Å². The van der Waals surface area contributed by atoms with Gasteiger partial charge in [0.15, 0.2) is 0 Å². The van der Waals surface area contributed by atoms with E-state index in [1.165, 1.54) is 0 Å². The van der Waals surface area contributed by atoms with E-state index in [1.54, 1.807) is 12.4 Å². The molecule has 0 atom stereocenters. The number of hydrogen-bond donors (Lipinski definition) is 1. The van der Waals surface area contributed by atoms with E-state index in [2.05, 4.69) is 40.1 Å². The second-order valence-electron chi connectivity index (χ2n) is 4.05. The largest absolute Gasteiger partial charge is 0.383 e. The fraction of sp³-hybridized carbons (Fsp3) is 0.583. The van der Waals surface area contributed by atoms with Gasteiger partial charge in [-0.15, -0.1) is 11.6 Å². The minimum atomic E-state index is 0.185. The van der Waals surface area contributed by atoms with Gasteiger partial charge < -0.3 is 5.32 Å². The average molecular weight is 306 g/mol. The summed E-state index contributed by atoms with van der Waals surface area (Å²) in [4.78, 5) is 4.04. The molecule has 0 unspecified atom stereocenters. The molecule has 0 amide bonds. The van der Waals surface area contributed by atoms with E-state index >= 15 is 0 Å². The summed E-state index contributed by atoms with van der Waals surface area (Å²) < 4.78 is 0.991. The number of nitrogens with one attached hydrogen (secondary N) is 1. The first-order valence-corrected chi connectivity index (χ1v) is 6.89. The van der Waals surface area contributed by atoms with Crippen LogP contribution in [-0.4, -0.2) is 17.4 Å². The molecule has 0 aliphatic carbocycles. The van der Waals surface area contributed by atoms with Crippen LogP contribution in [0.2, 0.25) is 0 Å². The van der Waals surface area contributed by atoms with Gasteiger partial charge in [-0.25, -0.2) is 0 Å². The topological polar surface area (TPSA) is 24.9 Å². The van der Waals surface area contributed by atoms with Gasteiger partial charge in [0.25, 0.3) is 0 Å². The van der Waals surface area contributed by atoms with E-state index < -0.39 is 0 Å². The highest BCUT2D eigenvalue weighted by atomic mass is 79.9. The van der Waals surface area contributed by atoms with Crippen LogP contribution in [0.5, 0.6) is 0 Å². The lowest BCUT2D eigenvalue weighted by molar-refractivity contribution is 0.327. The molecular formula is C12H18BrClN2. The lowest BCUT2D eigenvalue weighted by Crippen LogP contribution is -2.30. The Hall–Kier alpha value is -0.280. The minimum absolute atomic E-state index is 0.185. The van der Waals surface area contributed by atoms with Crippen molar-refractivity contribution in [3.8, 4) is 0 Å². The van der Waals surface area contributed by atoms with Crippen LogP contribution in [0.4, 0.5) is 5.69 Å². The summed E-state index contributed by atoms with van der Waals surface area (Å²) in [5, 5.41) is 3.44. The van der Waals surface area contributed by atoms with Crippen LogP contribution in [0, 0.1) is 5.41 Å².